The average molecular weight is 98.1 g/mol. The summed E-state index contributed by atoms with van der Waals surface area (Å²) in [4.78, 5) is 0. The highest BCUT2D eigenvalue weighted by Gasteiger charge is 1.80. The summed E-state index contributed by atoms with van der Waals surface area (Å²) in [7, 11) is 0. The number of rotatable bonds is 0. The van der Waals surface area contributed by atoms with Crippen molar-refractivity contribution < 1.29 is 5.11 Å². The molecule has 0 aromatic carbocycles. The third kappa shape index (κ3) is 5.03. The van der Waals surface area contributed by atoms with Crippen molar-refractivity contribution in [3.8, 4) is 0 Å². The molecule has 0 rings (SSSR count). The lowest BCUT2D eigenvalue weighted by atomic mass is 10.5. The molecule has 0 saturated carbocycles. The van der Waals surface area contributed by atoms with E-state index in [9.17, 15) is 0 Å². The van der Waals surface area contributed by atoms with E-state index in [1.54, 1.807) is 0 Å². The molecule has 0 spiro atoms. The molecule has 2 heteroatoms. The van der Waals surface area contributed by atoms with Gasteiger partial charge in [-0.1, -0.05) is 0 Å². The lowest BCUT2D eigenvalue weighted by Gasteiger charge is -1.50. The van der Waals surface area contributed by atoms with Crippen molar-refractivity contribution in [2.24, 2.45) is 0 Å². The van der Waals surface area contributed by atoms with Crippen LogP contribution in [0.5, 0.6) is 0 Å². The molecule has 1 N–H and O–H groups in total. The maximum atomic E-state index is 7.97. The van der Waals surface area contributed by atoms with E-state index in [0.29, 0.717) is 0 Å². The molecule has 0 bridgehead atoms. The fourth-order valence-corrected chi connectivity index (χ4v) is 0.158. The molecule has 0 aromatic rings. The van der Waals surface area contributed by atoms with Crippen LogP contribution in [-0.2, 0) is 0 Å². The second kappa shape index (κ2) is 3.23. The maximum absolute atomic E-state index is 7.97. The van der Waals surface area contributed by atoms with E-state index in [2.05, 4.69) is 10.5 Å². The van der Waals surface area contributed by atoms with Crippen LogP contribution in [0.4, 0.5) is 0 Å². The molecule has 0 unspecified atom stereocenters. The molecule has 0 amide bonds. The van der Waals surface area contributed by atoms with Gasteiger partial charge in [-0.3, -0.25) is 0 Å². The molecule has 38 valence electrons. The van der Waals surface area contributed by atoms with Gasteiger partial charge >= 0.3 is 5.87 Å². The van der Waals surface area contributed by atoms with Gasteiger partial charge in [0.15, 0.2) is 0 Å². The van der Waals surface area contributed by atoms with Crippen molar-refractivity contribution in [1.82, 2.24) is 4.67 Å². The summed E-state index contributed by atoms with van der Waals surface area (Å²) < 4.78 is 3.60. The predicted molar refractivity (Wildman–Crippen MR) is 30.7 cm³/mol. The Morgan fingerprint density at radius 2 is 2.29 bits per heavy atom. The lowest BCUT2D eigenvalue weighted by Crippen LogP contribution is -1.83. The second-order valence-corrected chi connectivity index (χ2v) is 1.32. The maximum Gasteiger partial charge on any atom is 0.349 e. The largest absolute Gasteiger partial charge is 0.502 e. The van der Waals surface area contributed by atoms with Crippen molar-refractivity contribution in [2.75, 3.05) is 0 Å². The van der Waals surface area contributed by atoms with Crippen LogP contribution < -0.4 is 4.67 Å². The molecule has 0 aliphatic carbocycles. The molecule has 0 radical (unpaired) electrons. The summed E-state index contributed by atoms with van der Waals surface area (Å²) in [5.41, 5.74) is 0.880. The summed E-state index contributed by atoms with van der Waals surface area (Å²) in [5.74, 6) is 2.27. The highest BCUT2D eigenvalue weighted by molar-refractivity contribution is 5.80. The van der Waals surface area contributed by atoms with Crippen LogP contribution in [0.1, 0.15) is 13.8 Å². The van der Waals surface area contributed by atoms with E-state index in [1.165, 1.54) is 0 Å². The normalized spacial score (nSPS) is 6.00. The van der Waals surface area contributed by atoms with E-state index >= 15 is 0 Å². The highest BCUT2D eigenvalue weighted by Crippen LogP contribution is 1.51. The molecule has 0 aliphatic rings. The molecule has 7 heavy (non-hydrogen) atoms. The van der Waals surface area contributed by atoms with Crippen molar-refractivity contribution in [3.05, 3.63) is 6.26 Å². The molecule has 0 atom stereocenters. The molecule has 0 heterocycles. The van der Waals surface area contributed by atoms with Crippen LogP contribution in [0, 0.1) is 0 Å². The molecule has 0 aromatic heterocycles. The van der Waals surface area contributed by atoms with Crippen molar-refractivity contribution >= 4 is 11.6 Å². The summed E-state index contributed by atoms with van der Waals surface area (Å²) in [6, 6.07) is 0. The Morgan fingerprint density at radius 1 is 1.71 bits per heavy atom. The monoisotopic (exact) mass is 98.1 g/mol. The Labute approximate surface area is 42.5 Å². The Balaban J connectivity index is 4.16. The predicted octanol–water partition coefficient (Wildman–Crippen LogP) is 0.276. The molecule has 0 aliphatic heterocycles. The number of aliphatic hydroxyl groups excluding tert-OH is 1. The smallest absolute Gasteiger partial charge is 0.349 e. The standard InChI is InChI=1S/C5H7NO/c1-5(2)6-3-4-7/h4H,1-2H3/p+1. The van der Waals surface area contributed by atoms with E-state index in [1.807, 2.05) is 13.8 Å². The molecular formula is C5H8NO+. The number of hydrogen-bond donors (Lipinski definition) is 1. The van der Waals surface area contributed by atoms with Gasteiger partial charge in [0.1, 0.15) is 0 Å². The third-order valence-electron chi connectivity index (χ3n) is 0.346. The average Bonchev–Trinajstić information content (AvgIpc) is 1.61. The van der Waals surface area contributed by atoms with Gasteiger partial charge in [0.25, 0.3) is 5.71 Å². The minimum Gasteiger partial charge on any atom is -0.502 e. The van der Waals surface area contributed by atoms with Gasteiger partial charge in [-0.05, 0) is 4.67 Å². The second-order valence-electron chi connectivity index (χ2n) is 1.32. The lowest BCUT2D eigenvalue weighted by molar-refractivity contribution is 0.481. The molecular weight excluding hydrogens is 90.1 g/mol. The molecule has 0 fully saturated rings. The first-order chi connectivity index (χ1) is 3.27. The minimum absolute atomic E-state index is 0.785. The van der Waals surface area contributed by atoms with E-state index < -0.39 is 0 Å². The Bertz CT molecular complexity index is 132. The summed E-state index contributed by atoms with van der Waals surface area (Å²) in [6.07, 6.45) is 0.785. The van der Waals surface area contributed by atoms with Crippen LogP contribution in [-0.4, -0.2) is 16.7 Å². The highest BCUT2D eigenvalue weighted by atomic mass is 16.2. The SMILES string of the molecule is CC(C)=[N+]=C=CO. The first kappa shape index (κ1) is 6.03. The molecule has 2 nitrogen and oxygen atoms in total. The van der Waals surface area contributed by atoms with Gasteiger partial charge in [-0.15, -0.1) is 0 Å². The fraction of sp³-hybridized carbons (Fsp3) is 0.400. The van der Waals surface area contributed by atoms with Crippen molar-refractivity contribution in [1.29, 1.82) is 0 Å². The van der Waals surface area contributed by atoms with Gasteiger partial charge in [0, 0.05) is 13.8 Å². The Hall–Kier alpha value is -0.970. The zero-order valence-electron chi connectivity index (χ0n) is 4.47. The summed E-state index contributed by atoms with van der Waals surface area (Å²) in [6.45, 7) is 3.66. The van der Waals surface area contributed by atoms with Crippen LogP contribution in [0.15, 0.2) is 6.26 Å². The van der Waals surface area contributed by atoms with E-state index in [0.717, 1.165) is 12.0 Å². The first-order valence-corrected chi connectivity index (χ1v) is 1.99. The quantitative estimate of drug-likeness (QED) is 0.263. The van der Waals surface area contributed by atoms with Crippen molar-refractivity contribution in [3.63, 3.8) is 0 Å². The van der Waals surface area contributed by atoms with Gasteiger partial charge in [0.2, 0.25) is 6.26 Å². The van der Waals surface area contributed by atoms with Crippen LogP contribution in [0.25, 0.3) is 0 Å². The number of hydrogen-bond acceptors (Lipinski definition) is 1. The van der Waals surface area contributed by atoms with Crippen LogP contribution >= 0.6 is 0 Å². The van der Waals surface area contributed by atoms with E-state index in [4.69, 9.17) is 5.11 Å². The van der Waals surface area contributed by atoms with Gasteiger partial charge in [-0.2, -0.15) is 0 Å². The summed E-state index contributed by atoms with van der Waals surface area (Å²) >= 11 is 0. The topological polar surface area (TPSA) is 34.3 Å². The zero-order chi connectivity index (χ0) is 5.70. The van der Waals surface area contributed by atoms with Gasteiger partial charge in [0.05, 0.1) is 0 Å². The van der Waals surface area contributed by atoms with Crippen LogP contribution in [0.3, 0.4) is 0 Å². The fourth-order valence-electron chi connectivity index (χ4n) is 0.158. The Kier molecular flexibility index (Phi) is 2.78. The number of aliphatic hydroxyl groups is 1. The Morgan fingerprint density at radius 3 is 2.43 bits per heavy atom. The number of nitrogens with zero attached hydrogens (tertiary/aromatic N) is 1. The van der Waals surface area contributed by atoms with Gasteiger partial charge in [-0.25, -0.2) is 0 Å². The van der Waals surface area contributed by atoms with Crippen molar-refractivity contribution in [2.45, 2.75) is 13.8 Å². The minimum atomic E-state index is 0.785. The third-order valence-corrected chi connectivity index (χ3v) is 0.346. The zero-order valence-corrected chi connectivity index (χ0v) is 4.47. The van der Waals surface area contributed by atoms with Crippen LogP contribution in [0.2, 0.25) is 0 Å². The van der Waals surface area contributed by atoms with Gasteiger partial charge < -0.3 is 5.11 Å². The summed E-state index contributed by atoms with van der Waals surface area (Å²) in [5, 5.41) is 7.97. The molecule has 0 saturated heterocycles. The van der Waals surface area contributed by atoms with E-state index in [-0.39, 0.29) is 0 Å². The first-order valence-electron chi connectivity index (χ1n) is 1.99.